The van der Waals surface area contributed by atoms with E-state index in [2.05, 4.69) is 27.5 Å². The minimum absolute atomic E-state index is 0.0519. The lowest BCUT2D eigenvalue weighted by Crippen LogP contribution is -2.57. The SMILES string of the molecule is COCOc1c(-c2cc(C3CC3)c3cc(OC(=O)N4C(C)CNCC4C)cnc3n2)cc2cn(C)nc2c1C. The first-order valence-electron chi connectivity index (χ1n) is 13.4. The van der Waals surface area contributed by atoms with Gasteiger partial charge in [-0.15, -0.1) is 0 Å². The maximum Gasteiger partial charge on any atom is 0.415 e. The quantitative estimate of drug-likeness (QED) is 0.363. The number of amides is 1. The first-order chi connectivity index (χ1) is 18.8. The molecular formula is C29H34N6O4. The molecule has 204 valence electrons. The lowest BCUT2D eigenvalue weighted by molar-refractivity contribution is 0.0511. The number of piperazine rings is 1. The van der Waals surface area contributed by atoms with Crippen LogP contribution in [0.4, 0.5) is 4.79 Å². The smallest absolute Gasteiger partial charge is 0.415 e. The van der Waals surface area contributed by atoms with Crippen LogP contribution in [0, 0.1) is 6.92 Å². The van der Waals surface area contributed by atoms with E-state index in [9.17, 15) is 4.79 Å². The highest BCUT2D eigenvalue weighted by Gasteiger charge is 2.31. The fraction of sp³-hybridized carbons (Fsp3) is 0.448. The maximum absolute atomic E-state index is 13.1. The van der Waals surface area contributed by atoms with Gasteiger partial charge in [0, 0.05) is 67.4 Å². The molecule has 6 rings (SSSR count). The summed E-state index contributed by atoms with van der Waals surface area (Å²) in [5.41, 5.74) is 5.23. The molecule has 2 aliphatic rings. The van der Waals surface area contributed by atoms with E-state index in [-0.39, 0.29) is 25.0 Å². The average molecular weight is 531 g/mol. The van der Waals surface area contributed by atoms with Crippen LogP contribution in [-0.4, -0.2) is 69.8 Å². The molecule has 1 aliphatic carbocycles. The number of carbonyl (C=O) groups excluding carboxylic acids is 1. The molecule has 2 fully saturated rings. The van der Waals surface area contributed by atoms with Gasteiger partial charge in [0.05, 0.1) is 17.4 Å². The second-order valence-electron chi connectivity index (χ2n) is 10.7. The number of fused-ring (bicyclic) bond motifs is 2. The van der Waals surface area contributed by atoms with Crippen LogP contribution in [0.5, 0.6) is 11.5 Å². The third kappa shape index (κ3) is 4.79. The number of aromatic nitrogens is 4. The van der Waals surface area contributed by atoms with Crippen molar-refractivity contribution in [1.82, 2.24) is 30.0 Å². The van der Waals surface area contributed by atoms with Crippen molar-refractivity contribution in [2.24, 2.45) is 7.05 Å². The molecular weight excluding hydrogens is 496 g/mol. The summed E-state index contributed by atoms with van der Waals surface area (Å²) in [6.45, 7) is 7.66. The molecule has 3 aromatic heterocycles. The van der Waals surface area contributed by atoms with Crippen LogP contribution in [0.25, 0.3) is 33.2 Å². The third-order valence-corrected chi connectivity index (χ3v) is 7.63. The average Bonchev–Trinajstić information content (AvgIpc) is 3.68. The Kier molecular flexibility index (Phi) is 6.60. The summed E-state index contributed by atoms with van der Waals surface area (Å²) < 4.78 is 18.9. The van der Waals surface area contributed by atoms with Crippen molar-refractivity contribution in [1.29, 1.82) is 0 Å². The van der Waals surface area contributed by atoms with Gasteiger partial charge in [-0.25, -0.2) is 14.8 Å². The van der Waals surface area contributed by atoms with Crippen LogP contribution in [0.1, 0.15) is 43.7 Å². The molecule has 1 N–H and O–H groups in total. The molecule has 1 aliphatic heterocycles. The molecule has 1 amide bonds. The number of aryl methyl sites for hydroxylation is 2. The molecule has 4 aromatic rings. The van der Waals surface area contributed by atoms with Gasteiger partial charge >= 0.3 is 6.09 Å². The number of methoxy groups -OCH3 is 1. The Morgan fingerprint density at radius 3 is 2.64 bits per heavy atom. The van der Waals surface area contributed by atoms with Crippen LogP contribution in [-0.2, 0) is 11.8 Å². The Morgan fingerprint density at radius 2 is 1.92 bits per heavy atom. The number of nitrogens with one attached hydrogen (secondary N) is 1. The zero-order valence-electron chi connectivity index (χ0n) is 23.0. The Balaban J connectivity index is 1.41. The van der Waals surface area contributed by atoms with Gasteiger partial charge in [0.2, 0.25) is 0 Å². The summed E-state index contributed by atoms with van der Waals surface area (Å²) in [7, 11) is 3.51. The van der Waals surface area contributed by atoms with Crippen molar-refractivity contribution in [3.05, 3.63) is 41.7 Å². The van der Waals surface area contributed by atoms with Crippen molar-refractivity contribution >= 4 is 28.0 Å². The number of hydrogen-bond donors (Lipinski definition) is 1. The predicted octanol–water partition coefficient (Wildman–Crippen LogP) is 4.53. The lowest BCUT2D eigenvalue weighted by Gasteiger charge is -2.38. The molecule has 1 saturated carbocycles. The van der Waals surface area contributed by atoms with E-state index in [1.165, 1.54) is 0 Å². The van der Waals surface area contributed by atoms with Gasteiger partial charge in [0.15, 0.2) is 18.2 Å². The number of rotatable bonds is 6. The molecule has 2 unspecified atom stereocenters. The van der Waals surface area contributed by atoms with Crippen molar-refractivity contribution in [2.45, 2.75) is 51.6 Å². The fourth-order valence-corrected chi connectivity index (χ4v) is 5.61. The molecule has 0 bridgehead atoms. The predicted molar refractivity (Wildman–Crippen MR) is 148 cm³/mol. The molecule has 10 nitrogen and oxygen atoms in total. The van der Waals surface area contributed by atoms with Crippen molar-refractivity contribution < 1.29 is 19.0 Å². The van der Waals surface area contributed by atoms with Gasteiger partial charge in [-0.2, -0.15) is 5.10 Å². The summed E-state index contributed by atoms with van der Waals surface area (Å²) in [4.78, 5) is 24.5. The number of pyridine rings is 2. The Morgan fingerprint density at radius 1 is 1.15 bits per heavy atom. The fourth-order valence-electron chi connectivity index (χ4n) is 5.61. The monoisotopic (exact) mass is 530 g/mol. The third-order valence-electron chi connectivity index (χ3n) is 7.63. The van der Waals surface area contributed by atoms with Gasteiger partial charge in [-0.1, -0.05) is 0 Å². The van der Waals surface area contributed by atoms with Gasteiger partial charge < -0.3 is 19.5 Å². The molecule has 0 radical (unpaired) electrons. The Bertz CT molecular complexity index is 1550. The number of carbonyl (C=O) groups is 1. The first-order valence-corrected chi connectivity index (χ1v) is 13.4. The lowest BCUT2D eigenvalue weighted by atomic mass is 9.99. The minimum atomic E-state index is -0.351. The van der Waals surface area contributed by atoms with E-state index in [1.807, 2.05) is 40.1 Å². The van der Waals surface area contributed by atoms with E-state index in [4.69, 9.17) is 19.2 Å². The number of nitrogens with zero attached hydrogens (tertiary/aromatic N) is 5. The number of benzene rings is 1. The van der Waals surface area contributed by atoms with Crippen molar-refractivity contribution in [3.63, 3.8) is 0 Å². The van der Waals surface area contributed by atoms with Crippen LogP contribution < -0.4 is 14.8 Å². The Hall–Kier alpha value is -3.76. The first kappa shape index (κ1) is 25.5. The molecule has 2 atom stereocenters. The highest BCUT2D eigenvalue weighted by Crippen LogP contribution is 2.46. The highest BCUT2D eigenvalue weighted by molar-refractivity contribution is 5.93. The molecule has 39 heavy (non-hydrogen) atoms. The van der Waals surface area contributed by atoms with Gasteiger partial charge in [0.25, 0.3) is 0 Å². The topological polar surface area (TPSA) is 104 Å². The van der Waals surface area contributed by atoms with Crippen molar-refractivity contribution in [3.8, 4) is 22.8 Å². The molecule has 4 heterocycles. The van der Waals surface area contributed by atoms with Crippen LogP contribution in [0.2, 0.25) is 0 Å². The molecule has 0 spiro atoms. The van der Waals surface area contributed by atoms with E-state index >= 15 is 0 Å². The largest absolute Gasteiger partial charge is 0.466 e. The second-order valence-corrected chi connectivity index (χ2v) is 10.7. The summed E-state index contributed by atoms with van der Waals surface area (Å²) in [5.74, 6) is 1.54. The second kappa shape index (κ2) is 10.1. The minimum Gasteiger partial charge on any atom is -0.466 e. The van der Waals surface area contributed by atoms with Crippen molar-refractivity contribution in [2.75, 3.05) is 27.0 Å². The zero-order valence-corrected chi connectivity index (χ0v) is 23.0. The van der Waals surface area contributed by atoms with Crippen LogP contribution in [0.15, 0.2) is 30.6 Å². The molecule has 1 aromatic carbocycles. The summed E-state index contributed by atoms with van der Waals surface area (Å²) >= 11 is 0. The van der Waals surface area contributed by atoms with E-state index < -0.39 is 0 Å². The maximum atomic E-state index is 13.1. The summed E-state index contributed by atoms with van der Waals surface area (Å²) in [6.07, 6.45) is 5.44. The number of hydrogen-bond acceptors (Lipinski definition) is 8. The van der Waals surface area contributed by atoms with Gasteiger partial charge in [-0.3, -0.25) is 9.58 Å². The summed E-state index contributed by atoms with van der Waals surface area (Å²) in [6, 6.07) is 6.20. The van der Waals surface area contributed by atoms with E-state index in [1.54, 1.807) is 22.9 Å². The van der Waals surface area contributed by atoms with Gasteiger partial charge in [0.1, 0.15) is 5.75 Å². The van der Waals surface area contributed by atoms with Crippen LogP contribution >= 0.6 is 0 Å². The Labute approximate surface area is 227 Å². The standard InChI is InChI=1S/C29H34N6O4/c1-16-11-30-12-17(2)35(16)29(36)39-21-9-23-22(19-6-7-19)10-25(32-28(23)31-13-21)24-8-20-14-34(4)33-26(20)18(3)27(24)38-15-37-5/h8-10,13-14,16-17,19,30H,6-7,11-12,15H2,1-5H3. The van der Waals surface area contributed by atoms with E-state index in [0.29, 0.717) is 23.1 Å². The summed E-state index contributed by atoms with van der Waals surface area (Å²) in [5, 5.41) is 9.87. The molecule has 1 saturated heterocycles. The zero-order chi connectivity index (χ0) is 27.3. The number of ether oxygens (including phenoxy) is 3. The van der Waals surface area contributed by atoms with Crippen LogP contribution in [0.3, 0.4) is 0 Å². The highest BCUT2D eigenvalue weighted by atomic mass is 16.7. The molecule has 10 heteroatoms. The normalized spacial score (nSPS) is 19.6. The van der Waals surface area contributed by atoms with E-state index in [0.717, 1.165) is 64.6 Å². The van der Waals surface area contributed by atoms with Gasteiger partial charge in [-0.05, 0) is 63.3 Å².